The number of phosphoric ester groups is 1. The minimum atomic E-state index is -5.05. The van der Waals surface area contributed by atoms with Gasteiger partial charge in [0.1, 0.15) is 53.9 Å². The molecule has 27 heteroatoms. The predicted octanol–water partition coefficient (Wildman–Crippen LogP) is 2.84. The molecular formula is C37H38N10O14P2S. The van der Waals surface area contributed by atoms with Gasteiger partial charge in [0.15, 0.2) is 28.9 Å². The zero-order chi connectivity index (χ0) is 44.7. The Morgan fingerprint density at radius 3 is 2.52 bits per heavy atom. The second-order valence-corrected chi connectivity index (χ2v) is 21.0. The van der Waals surface area contributed by atoms with Crippen molar-refractivity contribution in [1.82, 2.24) is 39.0 Å². The summed E-state index contributed by atoms with van der Waals surface area (Å²) in [6.45, 7) is -5.43. The quantitative estimate of drug-likeness (QED) is 0.0726. The van der Waals surface area contributed by atoms with Gasteiger partial charge in [-0.1, -0.05) is 12.1 Å². The maximum absolute atomic E-state index is 15.3. The number of methoxy groups -OCH3 is 1. The number of aromatic amines is 1. The van der Waals surface area contributed by atoms with Gasteiger partial charge in [0, 0.05) is 18.3 Å². The van der Waals surface area contributed by atoms with E-state index in [-0.39, 0.29) is 57.7 Å². The van der Waals surface area contributed by atoms with Crippen LogP contribution in [0.5, 0.6) is 11.5 Å². The minimum absolute atomic E-state index is 0.00387. The average Bonchev–Trinajstić information content (AvgIpc) is 3.55. The lowest BCUT2D eigenvalue weighted by molar-refractivity contribution is -0.0600. The lowest BCUT2D eigenvalue weighted by Crippen LogP contribution is -2.38. The third-order valence-corrected chi connectivity index (χ3v) is 16.4. The number of H-pyrrole nitrogens is 1. The molecular weight excluding hydrogens is 902 g/mol. The molecule has 4 aromatic heterocycles. The molecule has 2 aliphatic heterocycles. The summed E-state index contributed by atoms with van der Waals surface area (Å²) in [4.78, 5) is 60.2. The van der Waals surface area contributed by atoms with Crippen LogP contribution in [0.4, 0.5) is 11.8 Å². The normalized spacial score (nSPS) is 32.6. The number of nitrogens with two attached hydrogens (primary N) is 2. The number of aromatic hydroxyl groups is 1. The van der Waals surface area contributed by atoms with Gasteiger partial charge in [-0.3, -0.25) is 32.4 Å². The van der Waals surface area contributed by atoms with Crippen molar-refractivity contribution in [3.8, 4) is 11.5 Å². The Morgan fingerprint density at radius 2 is 1.75 bits per heavy atom. The van der Waals surface area contributed by atoms with Crippen molar-refractivity contribution in [3.05, 3.63) is 89.0 Å². The van der Waals surface area contributed by atoms with Gasteiger partial charge in [0.25, 0.3) is 5.56 Å². The van der Waals surface area contributed by atoms with Crippen LogP contribution in [0.25, 0.3) is 22.3 Å². The predicted molar refractivity (Wildman–Crippen MR) is 222 cm³/mol. The molecule has 4 aliphatic rings. The maximum Gasteiger partial charge on any atom is 0.472 e. The van der Waals surface area contributed by atoms with E-state index in [0.717, 1.165) is 11.4 Å². The van der Waals surface area contributed by atoms with Crippen molar-refractivity contribution < 1.29 is 61.3 Å². The molecule has 4 fully saturated rings. The molecule has 2 unspecified atom stereocenters. The summed E-state index contributed by atoms with van der Waals surface area (Å²) in [5.41, 5.74) is 11.4. The molecule has 0 radical (unpaired) electrons. The number of ether oxygens (including phenoxy) is 3. The molecule has 2 saturated heterocycles. The molecule has 8 N–H and O–H groups in total. The van der Waals surface area contributed by atoms with Crippen LogP contribution in [0.1, 0.15) is 34.6 Å². The van der Waals surface area contributed by atoms with Crippen LogP contribution < -0.4 is 21.8 Å². The summed E-state index contributed by atoms with van der Waals surface area (Å²) < 4.78 is 74.1. The lowest BCUT2D eigenvalue weighted by atomic mass is 10.0. The second kappa shape index (κ2) is 16.0. The first-order chi connectivity index (χ1) is 30.7. The Bertz CT molecular complexity index is 2940. The van der Waals surface area contributed by atoms with Crippen molar-refractivity contribution in [1.29, 1.82) is 0 Å². The fourth-order valence-electron chi connectivity index (χ4n) is 8.71. The molecule has 11 atom stereocenters. The van der Waals surface area contributed by atoms with Gasteiger partial charge < -0.3 is 45.4 Å². The topological polar surface area (TPSA) is 336 Å². The number of aliphatic hydroxyl groups excluding tert-OH is 1. The van der Waals surface area contributed by atoms with Gasteiger partial charge in [-0.05, 0) is 65.7 Å². The third kappa shape index (κ3) is 7.54. The van der Waals surface area contributed by atoms with E-state index in [4.69, 9.17) is 43.8 Å². The van der Waals surface area contributed by atoms with E-state index in [0.29, 0.717) is 11.2 Å². The molecule has 0 amide bonds. The van der Waals surface area contributed by atoms with Crippen LogP contribution in [0.2, 0.25) is 0 Å². The maximum atomic E-state index is 15.3. The zero-order valence-electron chi connectivity index (χ0n) is 33.2. The third-order valence-electron chi connectivity index (χ3n) is 11.8. The fourth-order valence-corrected chi connectivity index (χ4v) is 13.1. The highest BCUT2D eigenvalue weighted by Gasteiger charge is 2.74. The molecule has 24 nitrogen and oxygen atoms in total. The summed E-state index contributed by atoms with van der Waals surface area (Å²) >= 11 is 0.799. The summed E-state index contributed by atoms with van der Waals surface area (Å²) in [6.07, 6.45) is -3.69. The Hall–Kier alpha value is -5.30. The molecule has 1 spiro atoms. The molecule has 6 aromatic rings. The van der Waals surface area contributed by atoms with E-state index >= 15 is 4.57 Å². The SMILES string of the molecule is CO[C@H]1[C@H]2OP(=O)(O)OCC34C[C@@H]3[C@@H](n3cnc5c(N)ncnc53)[C@H](O)[C@@H]4O[P@](=O)(SCc3ccc(OC(=O)c4ccc(O)cc4)cc3)OC[C@H]1O[C@H]2n1cnc2c(=O)[nH]c(N)nc21. The number of phosphoric acid groups is 1. The van der Waals surface area contributed by atoms with Crippen molar-refractivity contribution >= 4 is 66.1 Å². The number of rotatable bonds is 8. The molecule has 64 heavy (non-hydrogen) atoms. The van der Waals surface area contributed by atoms with Crippen molar-refractivity contribution in [2.75, 3.05) is 31.8 Å². The van der Waals surface area contributed by atoms with E-state index < -0.39 is 93.5 Å². The van der Waals surface area contributed by atoms with Crippen LogP contribution >= 0.6 is 26.0 Å². The van der Waals surface area contributed by atoms with Crippen molar-refractivity contribution in [2.24, 2.45) is 11.3 Å². The fraction of sp³-hybridized carbons (Fsp3) is 0.378. The number of hydrogen-bond acceptors (Lipinski definition) is 21. The highest BCUT2D eigenvalue weighted by atomic mass is 32.7. The van der Waals surface area contributed by atoms with Crippen LogP contribution in [-0.2, 0) is 42.5 Å². The van der Waals surface area contributed by atoms with Gasteiger partial charge in [0.2, 0.25) is 5.95 Å². The number of carbonyl (C=O) groups excluding carboxylic acids is 1. The summed E-state index contributed by atoms with van der Waals surface area (Å²) in [6, 6.07) is 11.2. The monoisotopic (exact) mass is 940 g/mol. The number of phenols is 1. The number of imidazole rings is 2. The number of esters is 1. The average molecular weight is 941 g/mol. The van der Waals surface area contributed by atoms with Crippen LogP contribution in [0.15, 0.2) is 72.3 Å². The number of fused-ring (bicyclic) bond motifs is 4. The van der Waals surface area contributed by atoms with Gasteiger partial charge in [-0.15, -0.1) is 0 Å². The minimum Gasteiger partial charge on any atom is -0.508 e. The molecule has 336 valence electrons. The number of nitrogen functional groups attached to an aromatic ring is 2. The van der Waals surface area contributed by atoms with Crippen LogP contribution in [-0.4, -0.2) is 111 Å². The molecule has 2 aliphatic carbocycles. The smallest absolute Gasteiger partial charge is 0.472 e. The van der Waals surface area contributed by atoms with E-state index in [9.17, 15) is 29.3 Å². The van der Waals surface area contributed by atoms with E-state index in [2.05, 4.69) is 29.9 Å². The highest BCUT2D eigenvalue weighted by Crippen LogP contribution is 2.74. The Labute approximate surface area is 364 Å². The zero-order valence-corrected chi connectivity index (χ0v) is 35.8. The number of hydrogen-bond donors (Lipinski definition) is 6. The number of aromatic nitrogens is 8. The van der Waals surface area contributed by atoms with Crippen molar-refractivity contribution in [3.63, 3.8) is 0 Å². The first-order valence-electron chi connectivity index (χ1n) is 19.5. The Kier molecular flexibility index (Phi) is 10.7. The van der Waals surface area contributed by atoms with Gasteiger partial charge >= 0.3 is 20.6 Å². The second-order valence-electron chi connectivity index (χ2n) is 15.6. The molecule has 6 heterocycles. The number of nitrogens with zero attached hydrogens (tertiary/aromatic N) is 7. The van der Waals surface area contributed by atoms with Gasteiger partial charge in [0.05, 0.1) is 37.5 Å². The summed E-state index contributed by atoms with van der Waals surface area (Å²) in [5.74, 6) is -1.03. The Morgan fingerprint density at radius 1 is 1.00 bits per heavy atom. The lowest BCUT2D eigenvalue weighted by Gasteiger charge is -2.32. The first kappa shape index (κ1) is 42.6. The van der Waals surface area contributed by atoms with E-state index in [1.165, 1.54) is 54.9 Å². The molecule has 2 bridgehead atoms. The Balaban J connectivity index is 0.980. The number of anilines is 2. The number of benzene rings is 2. The number of nitrogens with one attached hydrogen (secondary N) is 1. The number of carbonyl (C=O) groups is 1. The highest BCUT2D eigenvalue weighted by molar-refractivity contribution is 8.54. The molecule has 2 aromatic carbocycles. The van der Waals surface area contributed by atoms with Gasteiger partial charge in [-0.25, -0.2) is 33.9 Å². The first-order valence-corrected chi connectivity index (χ1v) is 24.1. The molecule has 2 saturated carbocycles. The van der Waals surface area contributed by atoms with Crippen LogP contribution in [0, 0.1) is 11.3 Å². The largest absolute Gasteiger partial charge is 0.508 e. The van der Waals surface area contributed by atoms with E-state index in [1.807, 2.05) is 0 Å². The van der Waals surface area contributed by atoms with Gasteiger partial charge in [-0.2, -0.15) is 4.98 Å². The standard InChI is InChI=1S/C37H38N10O14P2S/c1-55-27-22-11-56-63(54,64-12-17-2-8-20(9-3-17)58-35(51)18-4-6-19(48)7-5-18)61-29-26(49)25(46-15-42-23-30(38)40-14-41-31(23)46)21-10-37(21,29)13-57-62(52,53)60-28(27)34(59-22)47-16-43-24-32(47)44-36(39)45-33(24)50/h2-9,14-16,21-22,25-29,34,48-49H,10-13H2,1H3,(H,52,53)(H2,38,40,41)(H3,39,44,45,50)/t21-,22-,25-,26+,27-,28-,29+,34-,37?,63-/m1/s1. The van der Waals surface area contributed by atoms with Crippen LogP contribution in [0.3, 0.4) is 0 Å². The summed E-state index contributed by atoms with van der Waals surface area (Å²) in [7, 11) is -3.75. The van der Waals surface area contributed by atoms with Crippen molar-refractivity contribution in [2.45, 2.75) is 55.0 Å². The number of aliphatic hydroxyl groups is 1. The van der Waals surface area contributed by atoms with E-state index in [1.54, 1.807) is 28.8 Å². The summed E-state index contributed by atoms with van der Waals surface area (Å²) in [5, 5.41) is 21.7. The number of phenolic OH excluding ortho intramolecular Hbond substituents is 1. The molecule has 10 rings (SSSR count).